The molecule has 0 aromatic heterocycles. The Bertz CT molecular complexity index is 873. The molecule has 5 N–H and O–H groups in total. The molecular formula is C23H33N5O5. The Morgan fingerprint density at radius 3 is 2.30 bits per heavy atom. The van der Waals surface area contributed by atoms with Gasteiger partial charge in [-0.2, -0.15) is 0 Å². The molecule has 180 valence electrons. The van der Waals surface area contributed by atoms with Gasteiger partial charge in [0.15, 0.2) is 0 Å². The summed E-state index contributed by atoms with van der Waals surface area (Å²) >= 11 is 0. The van der Waals surface area contributed by atoms with Gasteiger partial charge in [0, 0.05) is 12.5 Å². The first-order chi connectivity index (χ1) is 15.6. The van der Waals surface area contributed by atoms with Crippen LogP contribution in [-0.4, -0.2) is 54.7 Å². The average Bonchev–Trinajstić information content (AvgIpc) is 2.79. The molecule has 1 saturated heterocycles. The van der Waals surface area contributed by atoms with Crippen molar-refractivity contribution in [2.45, 2.75) is 51.6 Å². The fraction of sp³-hybridized carbons (Fsp3) is 0.522. The molecule has 1 fully saturated rings. The van der Waals surface area contributed by atoms with Crippen molar-refractivity contribution in [1.29, 1.82) is 0 Å². The van der Waals surface area contributed by atoms with Gasteiger partial charge in [-0.3, -0.25) is 24.0 Å². The van der Waals surface area contributed by atoms with Crippen LogP contribution in [0.2, 0.25) is 0 Å². The maximum absolute atomic E-state index is 12.8. The Morgan fingerprint density at radius 2 is 1.64 bits per heavy atom. The third-order valence-corrected chi connectivity index (χ3v) is 5.38. The molecule has 1 aromatic rings. The van der Waals surface area contributed by atoms with Crippen LogP contribution in [0.25, 0.3) is 0 Å². The Labute approximate surface area is 193 Å². The van der Waals surface area contributed by atoms with Gasteiger partial charge in [0.1, 0.15) is 11.6 Å². The SMILES string of the molecule is CC(C)C(=O)N[C@]1(C)CCCCNC(=O)[C@@H](c2ccccc2)NC(=O)CNC(=O)CNC1=O. The predicted octanol–water partition coefficient (Wildman–Crippen LogP) is -0.0927. The average molecular weight is 460 g/mol. The van der Waals surface area contributed by atoms with Gasteiger partial charge >= 0.3 is 0 Å². The number of hydrogen-bond acceptors (Lipinski definition) is 5. The first-order valence-electron chi connectivity index (χ1n) is 11.1. The molecule has 1 aliphatic rings. The van der Waals surface area contributed by atoms with Crippen LogP contribution in [0.15, 0.2) is 30.3 Å². The zero-order chi connectivity index (χ0) is 24.4. The smallest absolute Gasteiger partial charge is 0.247 e. The van der Waals surface area contributed by atoms with Crippen molar-refractivity contribution < 1.29 is 24.0 Å². The third kappa shape index (κ3) is 7.89. The van der Waals surface area contributed by atoms with E-state index < -0.39 is 29.3 Å². The standard InChI is InChI=1S/C23H33N5O5/c1-15(2)20(31)28-23(3)11-7-8-12-24-21(32)19(16-9-5-4-6-10-16)27-18(30)14-25-17(29)13-26-22(23)33/h4-6,9-10,15,19H,7-8,11-14H2,1-3H3,(H,24,32)(H,25,29)(H,26,33)(H,27,30)(H,28,31)/t19-,23-/m1/s1. The minimum atomic E-state index is -1.22. The van der Waals surface area contributed by atoms with E-state index in [1.807, 2.05) is 6.07 Å². The predicted molar refractivity (Wildman–Crippen MR) is 122 cm³/mol. The first-order valence-corrected chi connectivity index (χ1v) is 11.1. The summed E-state index contributed by atoms with van der Waals surface area (Å²) in [6.45, 7) is 4.70. The van der Waals surface area contributed by atoms with Crippen molar-refractivity contribution in [2.75, 3.05) is 19.6 Å². The van der Waals surface area contributed by atoms with Gasteiger partial charge in [0.05, 0.1) is 13.1 Å². The lowest BCUT2D eigenvalue weighted by molar-refractivity contribution is -0.135. The van der Waals surface area contributed by atoms with Crippen molar-refractivity contribution in [3.8, 4) is 0 Å². The molecule has 0 spiro atoms. The Balaban J connectivity index is 2.16. The molecule has 10 heteroatoms. The number of carbonyl (C=O) groups excluding carboxylic acids is 5. The maximum Gasteiger partial charge on any atom is 0.247 e. The summed E-state index contributed by atoms with van der Waals surface area (Å²) in [6, 6.07) is 7.91. The number of nitrogens with one attached hydrogen (secondary N) is 5. The summed E-state index contributed by atoms with van der Waals surface area (Å²) in [5, 5.41) is 13.2. The Kier molecular flexibility index (Phi) is 9.38. The van der Waals surface area contributed by atoms with Crippen LogP contribution in [0, 0.1) is 5.92 Å². The van der Waals surface area contributed by atoms with E-state index in [-0.39, 0.29) is 30.8 Å². The molecule has 2 rings (SSSR count). The van der Waals surface area contributed by atoms with Crippen LogP contribution in [0.5, 0.6) is 0 Å². The molecular weight excluding hydrogens is 426 g/mol. The first kappa shape index (κ1) is 25.8. The van der Waals surface area contributed by atoms with Crippen LogP contribution >= 0.6 is 0 Å². The second-order valence-electron chi connectivity index (χ2n) is 8.59. The highest BCUT2D eigenvalue weighted by Crippen LogP contribution is 2.16. The molecule has 1 aliphatic heterocycles. The van der Waals surface area contributed by atoms with Crippen molar-refractivity contribution >= 4 is 29.5 Å². The maximum atomic E-state index is 12.8. The zero-order valence-corrected chi connectivity index (χ0v) is 19.3. The van der Waals surface area contributed by atoms with E-state index in [0.29, 0.717) is 31.4 Å². The van der Waals surface area contributed by atoms with E-state index in [1.165, 1.54) is 0 Å². The lowest BCUT2D eigenvalue weighted by Crippen LogP contribution is -2.58. The van der Waals surface area contributed by atoms with Crippen LogP contribution in [0.1, 0.15) is 51.6 Å². The van der Waals surface area contributed by atoms with Gasteiger partial charge in [-0.25, -0.2) is 0 Å². The molecule has 0 radical (unpaired) electrons. The minimum Gasteiger partial charge on any atom is -0.354 e. The number of carbonyl (C=O) groups is 5. The van der Waals surface area contributed by atoms with Crippen LogP contribution in [-0.2, 0) is 24.0 Å². The van der Waals surface area contributed by atoms with Crippen molar-refractivity contribution in [3.05, 3.63) is 35.9 Å². The van der Waals surface area contributed by atoms with Crippen LogP contribution in [0.4, 0.5) is 0 Å². The summed E-state index contributed by atoms with van der Waals surface area (Å²) in [6.07, 6.45) is 1.42. The van der Waals surface area contributed by atoms with Gasteiger partial charge < -0.3 is 26.6 Å². The van der Waals surface area contributed by atoms with E-state index in [2.05, 4.69) is 26.6 Å². The number of benzene rings is 1. The Hall–Kier alpha value is -3.43. The number of hydrogen-bond donors (Lipinski definition) is 5. The lowest BCUT2D eigenvalue weighted by atomic mass is 9.92. The van der Waals surface area contributed by atoms with Crippen molar-refractivity contribution in [1.82, 2.24) is 26.6 Å². The highest BCUT2D eigenvalue weighted by atomic mass is 16.2. The van der Waals surface area contributed by atoms with E-state index in [0.717, 1.165) is 0 Å². The number of amides is 5. The summed E-state index contributed by atoms with van der Waals surface area (Å²) in [5.41, 5.74) is -0.598. The van der Waals surface area contributed by atoms with Crippen molar-refractivity contribution in [3.63, 3.8) is 0 Å². The molecule has 0 unspecified atom stereocenters. The van der Waals surface area contributed by atoms with Gasteiger partial charge in [0.2, 0.25) is 29.5 Å². The molecule has 10 nitrogen and oxygen atoms in total. The molecule has 33 heavy (non-hydrogen) atoms. The highest BCUT2D eigenvalue weighted by molar-refractivity contribution is 5.95. The molecule has 0 bridgehead atoms. The monoisotopic (exact) mass is 459 g/mol. The molecule has 1 heterocycles. The second-order valence-corrected chi connectivity index (χ2v) is 8.59. The quantitative estimate of drug-likeness (QED) is 0.429. The van der Waals surface area contributed by atoms with Crippen LogP contribution in [0.3, 0.4) is 0 Å². The summed E-state index contributed by atoms with van der Waals surface area (Å²) in [7, 11) is 0. The van der Waals surface area contributed by atoms with E-state index in [1.54, 1.807) is 45.0 Å². The largest absolute Gasteiger partial charge is 0.354 e. The summed E-state index contributed by atoms with van der Waals surface area (Å²) in [5.74, 6) is -2.56. The van der Waals surface area contributed by atoms with E-state index >= 15 is 0 Å². The molecule has 1 aromatic carbocycles. The Morgan fingerprint density at radius 1 is 0.970 bits per heavy atom. The summed E-state index contributed by atoms with van der Waals surface area (Å²) < 4.78 is 0. The summed E-state index contributed by atoms with van der Waals surface area (Å²) in [4.78, 5) is 62.4. The number of rotatable bonds is 3. The lowest BCUT2D eigenvalue weighted by Gasteiger charge is -2.30. The van der Waals surface area contributed by atoms with Crippen molar-refractivity contribution in [2.24, 2.45) is 5.92 Å². The molecule has 0 saturated carbocycles. The van der Waals surface area contributed by atoms with E-state index in [4.69, 9.17) is 0 Å². The minimum absolute atomic E-state index is 0.276. The van der Waals surface area contributed by atoms with Gasteiger partial charge in [-0.15, -0.1) is 0 Å². The second kappa shape index (κ2) is 12.0. The zero-order valence-electron chi connectivity index (χ0n) is 19.3. The van der Waals surface area contributed by atoms with Gasteiger partial charge in [-0.1, -0.05) is 44.2 Å². The van der Waals surface area contributed by atoms with Crippen LogP contribution < -0.4 is 26.6 Å². The topological polar surface area (TPSA) is 146 Å². The fourth-order valence-corrected chi connectivity index (χ4v) is 3.32. The molecule has 2 atom stereocenters. The molecule has 5 amide bonds. The highest BCUT2D eigenvalue weighted by Gasteiger charge is 2.35. The van der Waals surface area contributed by atoms with Gasteiger partial charge in [0.25, 0.3) is 0 Å². The fourth-order valence-electron chi connectivity index (χ4n) is 3.32. The van der Waals surface area contributed by atoms with Gasteiger partial charge in [-0.05, 0) is 31.7 Å². The normalized spacial score (nSPS) is 23.7. The third-order valence-electron chi connectivity index (χ3n) is 5.38. The molecule has 0 aliphatic carbocycles. The van der Waals surface area contributed by atoms with E-state index in [9.17, 15) is 24.0 Å².